The first-order valence-electron chi connectivity index (χ1n) is 6.74. The van der Waals surface area contributed by atoms with Crippen LogP contribution in [0.15, 0.2) is 36.4 Å². The minimum atomic E-state index is -0.238. The average Bonchev–Trinajstić information content (AvgIpc) is 2.51. The molecule has 2 aromatic carbocycles. The van der Waals surface area contributed by atoms with Crippen LogP contribution in [0.2, 0.25) is 10.0 Å². The van der Waals surface area contributed by atoms with Crippen molar-refractivity contribution in [2.45, 2.75) is 12.5 Å². The zero-order valence-corrected chi connectivity index (χ0v) is 12.8. The second kappa shape index (κ2) is 6.14. The second-order valence-corrected chi connectivity index (χ2v) is 5.68. The molecule has 1 atom stereocenters. The molecular formula is C16H15Cl2NO2. The van der Waals surface area contributed by atoms with Crippen molar-refractivity contribution in [2.24, 2.45) is 5.73 Å². The molecule has 0 bridgehead atoms. The molecule has 0 fully saturated rings. The Morgan fingerprint density at radius 3 is 2.67 bits per heavy atom. The van der Waals surface area contributed by atoms with E-state index in [0.29, 0.717) is 29.7 Å². The lowest BCUT2D eigenvalue weighted by Gasteiger charge is -2.23. The van der Waals surface area contributed by atoms with Gasteiger partial charge in [-0.2, -0.15) is 0 Å². The van der Waals surface area contributed by atoms with Crippen LogP contribution in [0.5, 0.6) is 11.5 Å². The van der Waals surface area contributed by atoms with Gasteiger partial charge in [-0.1, -0.05) is 47.5 Å². The van der Waals surface area contributed by atoms with Crippen LogP contribution in [0.4, 0.5) is 0 Å². The van der Waals surface area contributed by atoms with Crippen LogP contribution in [0.1, 0.15) is 17.2 Å². The fourth-order valence-electron chi connectivity index (χ4n) is 2.44. The third kappa shape index (κ3) is 2.95. The normalized spacial score (nSPS) is 14.8. The average molecular weight is 324 g/mol. The fourth-order valence-corrected chi connectivity index (χ4v) is 2.84. The number of halogens is 2. The Labute approximate surface area is 133 Å². The Morgan fingerprint density at radius 1 is 1.05 bits per heavy atom. The molecule has 0 aliphatic carbocycles. The summed E-state index contributed by atoms with van der Waals surface area (Å²) in [4.78, 5) is 0. The highest BCUT2D eigenvalue weighted by Crippen LogP contribution is 2.38. The van der Waals surface area contributed by atoms with Crippen LogP contribution in [0, 0.1) is 0 Å². The summed E-state index contributed by atoms with van der Waals surface area (Å²) in [5.74, 6) is 1.47. The highest BCUT2D eigenvalue weighted by molar-refractivity contribution is 6.42. The number of nitrogens with two attached hydrogens (primary N) is 1. The van der Waals surface area contributed by atoms with Crippen molar-refractivity contribution in [3.05, 3.63) is 57.6 Å². The smallest absolute Gasteiger partial charge is 0.166 e. The minimum Gasteiger partial charge on any atom is -0.486 e. The topological polar surface area (TPSA) is 44.5 Å². The van der Waals surface area contributed by atoms with Crippen LogP contribution in [-0.2, 0) is 6.42 Å². The van der Waals surface area contributed by atoms with Gasteiger partial charge in [0.05, 0.1) is 10.0 Å². The van der Waals surface area contributed by atoms with E-state index in [2.05, 4.69) is 0 Å². The zero-order chi connectivity index (χ0) is 14.8. The van der Waals surface area contributed by atoms with Crippen LogP contribution >= 0.6 is 23.2 Å². The van der Waals surface area contributed by atoms with E-state index >= 15 is 0 Å². The largest absolute Gasteiger partial charge is 0.486 e. The summed E-state index contributed by atoms with van der Waals surface area (Å²) in [5.41, 5.74) is 8.17. The van der Waals surface area contributed by atoms with Gasteiger partial charge in [-0.3, -0.25) is 0 Å². The molecule has 1 aliphatic rings. The van der Waals surface area contributed by atoms with E-state index < -0.39 is 0 Å². The molecular weight excluding hydrogens is 309 g/mol. The van der Waals surface area contributed by atoms with Gasteiger partial charge in [0, 0.05) is 11.6 Å². The van der Waals surface area contributed by atoms with Gasteiger partial charge in [0.25, 0.3) is 0 Å². The predicted octanol–water partition coefficient (Wildman–Crippen LogP) is 4.01. The van der Waals surface area contributed by atoms with E-state index in [-0.39, 0.29) is 6.04 Å². The van der Waals surface area contributed by atoms with Crippen molar-refractivity contribution in [1.82, 2.24) is 0 Å². The van der Waals surface area contributed by atoms with Gasteiger partial charge in [0.1, 0.15) is 13.2 Å². The van der Waals surface area contributed by atoms with Gasteiger partial charge >= 0.3 is 0 Å². The lowest BCUT2D eigenvalue weighted by atomic mass is 9.98. The van der Waals surface area contributed by atoms with Crippen molar-refractivity contribution in [3.63, 3.8) is 0 Å². The maximum Gasteiger partial charge on any atom is 0.166 e. The quantitative estimate of drug-likeness (QED) is 0.928. The minimum absolute atomic E-state index is 0.238. The van der Waals surface area contributed by atoms with E-state index in [0.717, 1.165) is 22.6 Å². The summed E-state index contributed by atoms with van der Waals surface area (Å²) >= 11 is 12.3. The number of fused-ring (bicyclic) bond motifs is 1. The number of benzene rings is 2. The van der Waals surface area contributed by atoms with E-state index in [4.69, 9.17) is 38.4 Å². The van der Waals surface area contributed by atoms with E-state index in [1.807, 2.05) is 30.3 Å². The van der Waals surface area contributed by atoms with E-state index in [1.54, 1.807) is 6.07 Å². The molecule has 2 N–H and O–H groups in total. The molecule has 0 radical (unpaired) electrons. The lowest BCUT2D eigenvalue weighted by molar-refractivity contribution is 0.169. The molecule has 0 amide bonds. The molecule has 0 saturated heterocycles. The van der Waals surface area contributed by atoms with Gasteiger partial charge in [-0.25, -0.2) is 0 Å². The Balaban J connectivity index is 1.89. The van der Waals surface area contributed by atoms with Gasteiger partial charge in [-0.15, -0.1) is 0 Å². The molecule has 2 aromatic rings. The van der Waals surface area contributed by atoms with Gasteiger partial charge in [0.15, 0.2) is 11.5 Å². The maximum absolute atomic E-state index is 6.33. The molecule has 3 nitrogen and oxygen atoms in total. The SMILES string of the molecule is NC(Cc1cccc(Cl)c1Cl)c1cccc2c1OCCO2. The summed E-state index contributed by atoms with van der Waals surface area (Å²) < 4.78 is 11.3. The Morgan fingerprint density at radius 2 is 1.81 bits per heavy atom. The van der Waals surface area contributed by atoms with Crippen molar-refractivity contribution < 1.29 is 9.47 Å². The van der Waals surface area contributed by atoms with Crippen LogP contribution in [0.3, 0.4) is 0 Å². The van der Waals surface area contributed by atoms with Crippen molar-refractivity contribution in [2.75, 3.05) is 13.2 Å². The van der Waals surface area contributed by atoms with Crippen molar-refractivity contribution in [1.29, 1.82) is 0 Å². The van der Waals surface area contributed by atoms with E-state index in [9.17, 15) is 0 Å². The molecule has 1 aliphatic heterocycles. The highest BCUT2D eigenvalue weighted by atomic mass is 35.5. The number of rotatable bonds is 3. The summed E-state index contributed by atoms with van der Waals surface area (Å²) in [7, 11) is 0. The molecule has 1 heterocycles. The fraction of sp³-hybridized carbons (Fsp3) is 0.250. The van der Waals surface area contributed by atoms with Crippen LogP contribution in [0.25, 0.3) is 0 Å². The summed E-state index contributed by atoms with van der Waals surface area (Å²) in [6, 6.07) is 11.1. The number of hydrogen-bond donors (Lipinski definition) is 1. The summed E-state index contributed by atoms with van der Waals surface area (Å²) in [6.45, 7) is 1.10. The van der Waals surface area contributed by atoms with Gasteiger partial charge < -0.3 is 15.2 Å². The first-order valence-corrected chi connectivity index (χ1v) is 7.49. The summed E-state index contributed by atoms with van der Waals surface area (Å²) in [5, 5.41) is 1.09. The standard InChI is InChI=1S/C16H15Cl2NO2/c17-12-5-1-3-10(15(12)18)9-13(19)11-4-2-6-14-16(11)21-8-7-20-14/h1-6,13H,7-9,19H2. The van der Waals surface area contributed by atoms with Gasteiger partial charge in [0.2, 0.25) is 0 Å². The lowest BCUT2D eigenvalue weighted by Crippen LogP contribution is -2.20. The molecule has 0 spiro atoms. The van der Waals surface area contributed by atoms with Gasteiger partial charge in [-0.05, 0) is 24.1 Å². The number of para-hydroxylation sites is 1. The van der Waals surface area contributed by atoms with Crippen molar-refractivity contribution in [3.8, 4) is 11.5 Å². The Kier molecular flexibility index (Phi) is 4.24. The van der Waals surface area contributed by atoms with Crippen molar-refractivity contribution >= 4 is 23.2 Å². The summed E-state index contributed by atoms with van der Waals surface area (Å²) in [6.07, 6.45) is 0.583. The second-order valence-electron chi connectivity index (χ2n) is 4.89. The molecule has 3 rings (SSSR count). The monoisotopic (exact) mass is 323 g/mol. The molecule has 0 saturated carbocycles. The Hall–Kier alpha value is -1.42. The first-order chi connectivity index (χ1) is 10.2. The maximum atomic E-state index is 6.33. The molecule has 0 aromatic heterocycles. The third-order valence-electron chi connectivity index (χ3n) is 3.47. The van der Waals surface area contributed by atoms with E-state index in [1.165, 1.54) is 0 Å². The number of ether oxygens (including phenoxy) is 2. The Bertz CT molecular complexity index is 661. The van der Waals surface area contributed by atoms with Crippen LogP contribution in [-0.4, -0.2) is 13.2 Å². The third-order valence-corrected chi connectivity index (χ3v) is 4.33. The highest BCUT2D eigenvalue weighted by Gasteiger charge is 2.20. The molecule has 1 unspecified atom stereocenters. The molecule has 110 valence electrons. The number of hydrogen-bond acceptors (Lipinski definition) is 3. The molecule has 21 heavy (non-hydrogen) atoms. The molecule has 5 heteroatoms. The first kappa shape index (κ1) is 14.5. The predicted molar refractivity (Wildman–Crippen MR) is 84.5 cm³/mol. The van der Waals surface area contributed by atoms with Crippen LogP contribution < -0.4 is 15.2 Å². The zero-order valence-electron chi connectivity index (χ0n) is 11.3.